The van der Waals surface area contributed by atoms with Crippen molar-refractivity contribution >= 4 is 40.0 Å². The van der Waals surface area contributed by atoms with Gasteiger partial charge < -0.3 is 5.11 Å². The fourth-order valence-corrected chi connectivity index (χ4v) is 2.46. The Bertz CT molecular complexity index is 497. The van der Waals surface area contributed by atoms with E-state index in [2.05, 4.69) is 19.6 Å². The van der Waals surface area contributed by atoms with Crippen LogP contribution in [0.2, 0.25) is 0 Å². The summed E-state index contributed by atoms with van der Waals surface area (Å²) in [6.45, 7) is 0. The Kier molecular flexibility index (Phi) is 4.14. The van der Waals surface area contributed by atoms with Gasteiger partial charge in [-0.1, -0.05) is 29.4 Å². The highest BCUT2D eigenvalue weighted by molar-refractivity contribution is 7.98. The van der Waals surface area contributed by atoms with Gasteiger partial charge in [0.25, 0.3) is 0 Å². The molecule has 0 saturated carbocycles. The number of aliphatic hydroxyl groups excluding tert-OH is 1. The maximum atomic E-state index is 9.28. The van der Waals surface area contributed by atoms with E-state index < -0.39 is 0 Å². The summed E-state index contributed by atoms with van der Waals surface area (Å²) < 4.78 is 4.07. The molecule has 0 spiro atoms. The van der Waals surface area contributed by atoms with Crippen LogP contribution in [0.1, 0.15) is 6.42 Å². The predicted octanol–water partition coefficient (Wildman–Crippen LogP) is 3.68. The Morgan fingerprint density at radius 3 is 3.12 bits per heavy atom. The average Bonchev–Trinajstić information content (AvgIpc) is 2.79. The molecule has 90 valence electrons. The molecule has 0 amide bonds. The van der Waals surface area contributed by atoms with E-state index in [4.69, 9.17) is 11.6 Å². The fraction of sp³-hybridized carbons (Fsp3) is 0.333. The van der Waals surface area contributed by atoms with Gasteiger partial charge in [0.2, 0.25) is 10.3 Å². The molecule has 1 aromatic heterocycles. The minimum absolute atomic E-state index is 0.0960. The lowest BCUT2D eigenvalue weighted by Gasteiger charge is -2.10. The third-order valence-corrected chi connectivity index (χ3v) is 3.63. The first-order chi connectivity index (χ1) is 8.19. The van der Waals surface area contributed by atoms with E-state index in [9.17, 15) is 5.11 Å². The molecule has 1 unspecified atom stereocenters. The summed E-state index contributed by atoms with van der Waals surface area (Å²) in [6, 6.07) is -0.153. The van der Waals surface area contributed by atoms with Crippen molar-refractivity contribution < 1.29 is 5.11 Å². The summed E-state index contributed by atoms with van der Waals surface area (Å²) in [5.41, 5.74) is 0. The molecule has 0 fully saturated rings. The van der Waals surface area contributed by atoms with E-state index in [0.29, 0.717) is 21.7 Å². The minimum Gasteiger partial charge on any atom is -0.507 e. The van der Waals surface area contributed by atoms with Gasteiger partial charge in [-0.3, -0.25) is 0 Å². The molecule has 1 aliphatic carbocycles. The van der Waals surface area contributed by atoms with Crippen LogP contribution in [0.25, 0.3) is 0 Å². The van der Waals surface area contributed by atoms with Gasteiger partial charge >= 0.3 is 0 Å². The number of aliphatic hydroxyl groups is 1. The van der Waals surface area contributed by atoms with Crippen LogP contribution in [0.3, 0.4) is 0 Å². The number of hydrogen-bond acceptors (Lipinski definition) is 7. The second-order valence-electron chi connectivity index (χ2n) is 3.20. The van der Waals surface area contributed by atoms with Crippen molar-refractivity contribution in [1.29, 1.82) is 0 Å². The zero-order valence-electron chi connectivity index (χ0n) is 8.87. The van der Waals surface area contributed by atoms with Crippen LogP contribution in [0.4, 0.5) is 5.13 Å². The molecule has 0 aliphatic heterocycles. The van der Waals surface area contributed by atoms with Gasteiger partial charge in [-0.2, -0.15) is 14.5 Å². The van der Waals surface area contributed by atoms with Gasteiger partial charge in [0, 0.05) is 18.0 Å². The zero-order chi connectivity index (χ0) is 12.3. The Morgan fingerprint density at radius 1 is 1.65 bits per heavy atom. The van der Waals surface area contributed by atoms with Crippen LogP contribution >= 0.6 is 34.9 Å². The van der Waals surface area contributed by atoms with Crippen molar-refractivity contribution in [2.75, 3.05) is 6.26 Å². The number of azo groups is 1. The van der Waals surface area contributed by atoms with Gasteiger partial charge in [-0.15, -0.1) is 5.11 Å². The van der Waals surface area contributed by atoms with E-state index in [1.807, 2.05) is 6.26 Å². The molecule has 0 bridgehead atoms. The second-order valence-corrected chi connectivity index (χ2v) is 5.16. The van der Waals surface area contributed by atoms with Crippen LogP contribution in [0, 0.1) is 0 Å². The number of thioether (sulfide) groups is 1. The van der Waals surface area contributed by atoms with Gasteiger partial charge in [-0.05, 0) is 12.3 Å². The smallest absolute Gasteiger partial charge is 0.249 e. The molecule has 17 heavy (non-hydrogen) atoms. The number of allylic oxidation sites excluding steroid dienone is 1. The highest BCUT2D eigenvalue weighted by atomic mass is 35.5. The molecule has 1 atom stereocenters. The number of rotatable bonds is 3. The SMILES string of the molecule is CSc1nsc(N=NC2C=CC(O)=C(Cl)C2)n1. The highest BCUT2D eigenvalue weighted by Crippen LogP contribution is 2.25. The van der Waals surface area contributed by atoms with Gasteiger partial charge in [0.15, 0.2) is 0 Å². The molecule has 8 heteroatoms. The third kappa shape index (κ3) is 3.27. The third-order valence-electron chi connectivity index (χ3n) is 2.01. The van der Waals surface area contributed by atoms with Gasteiger partial charge in [0.1, 0.15) is 5.76 Å². The summed E-state index contributed by atoms with van der Waals surface area (Å²) >= 11 is 8.48. The van der Waals surface area contributed by atoms with Gasteiger partial charge in [0.05, 0.1) is 11.1 Å². The second kappa shape index (κ2) is 5.61. The largest absolute Gasteiger partial charge is 0.507 e. The van der Waals surface area contributed by atoms with Crippen LogP contribution in [-0.2, 0) is 0 Å². The number of nitrogens with zero attached hydrogens (tertiary/aromatic N) is 4. The van der Waals surface area contributed by atoms with Crippen molar-refractivity contribution in [2.24, 2.45) is 10.2 Å². The Labute approximate surface area is 111 Å². The lowest BCUT2D eigenvalue weighted by atomic mass is 10.1. The maximum absolute atomic E-state index is 9.28. The van der Waals surface area contributed by atoms with Crippen molar-refractivity contribution in [3.63, 3.8) is 0 Å². The fourth-order valence-electron chi connectivity index (χ4n) is 1.18. The minimum atomic E-state index is -0.153. The Balaban J connectivity index is 2.01. The summed E-state index contributed by atoms with van der Waals surface area (Å²) in [6.07, 6.45) is 5.64. The molecule has 0 radical (unpaired) electrons. The van der Waals surface area contributed by atoms with E-state index in [0.717, 1.165) is 0 Å². The van der Waals surface area contributed by atoms with E-state index >= 15 is 0 Å². The molecule has 5 nitrogen and oxygen atoms in total. The molecule has 1 N–H and O–H groups in total. The molecule has 1 aliphatic rings. The predicted molar refractivity (Wildman–Crippen MR) is 69.3 cm³/mol. The molecule has 1 heterocycles. The maximum Gasteiger partial charge on any atom is 0.249 e. The first kappa shape index (κ1) is 12.5. The van der Waals surface area contributed by atoms with Crippen LogP contribution in [0.15, 0.2) is 38.3 Å². The van der Waals surface area contributed by atoms with Gasteiger partial charge in [-0.25, -0.2) is 0 Å². The van der Waals surface area contributed by atoms with Crippen molar-refractivity contribution in [3.05, 3.63) is 22.9 Å². The Hall–Kier alpha value is -0.920. The molecule has 0 saturated heterocycles. The van der Waals surface area contributed by atoms with Crippen molar-refractivity contribution in [1.82, 2.24) is 9.36 Å². The quantitative estimate of drug-likeness (QED) is 0.680. The first-order valence-electron chi connectivity index (χ1n) is 4.73. The molecule has 1 aromatic rings. The van der Waals surface area contributed by atoms with Crippen LogP contribution in [0.5, 0.6) is 0 Å². The number of aromatic nitrogens is 2. The summed E-state index contributed by atoms with van der Waals surface area (Å²) in [7, 11) is 0. The standard InChI is InChI=1S/C9H9ClN4OS2/c1-16-9-11-8(17-14-9)13-12-5-2-3-7(15)6(10)4-5/h2-3,5,15H,4H2,1H3. The summed E-state index contributed by atoms with van der Waals surface area (Å²) in [5, 5.41) is 19.0. The highest BCUT2D eigenvalue weighted by Gasteiger charge is 2.14. The van der Waals surface area contributed by atoms with Crippen LogP contribution in [-0.4, -0.2) is 26.8 Å². The first-order valence-corrected chi connectivity index (χ1v) is 7.11. The Morgan fingerprint density at radius 2 is 2.47 bits per heavy atom. The number of halogens is 1. The summed E-state index contributed by atoms with van der Waals surface area (Å²) in [4.78, 5) is 4.14. The van der Waals surface area contributed by atoms with Crippen molar-refractivity contribution in [3.8, 4) is 0 Å². The molecule has 0 aromatic carbocycles. The zero-order valence-corrected chi connectivity index (χ0v) is 11.3. The normalized spacial score (nSPS) is 20.5. The molecular formula is C9H9ClN4OS2. The van der Waals surface area contributed by atoms with E-state index in [-0.39, 0.29) is 11.8 Å². The lowest BCUT2D eigenvalue weighted by Crippen LogP contribution is -2.04. The lowest BCUT2D eigenvalue weighted by molar-refractivity contribution is 0.422. The molecule has 2 rings (SSSR count). The van der Waals surface area contributed by atoms with E-state index in [1.54, 1.807) is 6.08 Å². The van der Waals surface area contributed by atoms with Crippen LogP contribution < -0.4 is 0 Å². The number of hydrogen-bond donors (Lipinski definition) is 1. The van der Waals surface area contributed by atoms with Crippen molar-refractivity contribution in [2.45, 2.75) is 17.6 Å². The average molecular weight is 289 g/mol. The monoisotopic (exact) mass is 288 g/mol. The topological polar surface area (TPSA) is 70.7 Å². The summed E-state index contributed by atoms with van der Waals surface area (Å²) in [5.74, 6) is 0.0960. The van der Waals surface area contributed by atoms with E-state index in [1.165, 1.54) is 29.4 Å². The molecular weight excluding hydrogens is 280 g/mol.